The summed E-state index contributed by atoms with van der Waals surface area (Å²) in [5.41, 5.74) is 0. The van der Waals surface area contributed by atoms with E-state index in [0.717, 1.165) is 52.0 Å². The van der Waals surface area contributed by atoms with E-state index in [1.807, 2.05) is 6.92 Å². The summed E-state index contributed by atoms with van der Waals surface area (Å²) in [7, 11) is 0. The average Bonchev–Trinajstić information content (AvgIpc) is 3.06. The van der Waals surface area contributed by atoms with E-state index in [4.69, 9.17) is 0 Å². The van der Waals surface area contributed by atoms with Gasteiger partial charge in [0, 0.05) is 38.8 Å². The second-order valence-corrected chi connectivity index (χ2v) is 6.83. The first kappa shape index (κ1) is 18.2. The molecule has 0 bridgehead atoms. The normalized spacial score (nSPS) is 22.0. The number of hydrogen-bond acceptors (Lipinski definition) is 4. The minimum Gasteiger partial charge on any atom is -0.355 e. The number of rotatable bonds is 7. The summed E-state index contributed by atoms with van der Waals surface area (Å²) in [4.78, 5) is 28.5. The van der Waals surface area contributed by atoms with Crippen LogP contribution in [0.4, 0.5) is 0 Å². The first-order valence-electron chi connectivity index (χ1n) is 9.13. The molecule has 1 aliphatic heterocycles. The van der Waals surface area contributed by atoms with Crippen molar-refractivity contribution >= 4 is 11.8 Å². The third-order valence-electron chi connectivity index (χ3n) is 4.97. The highest BCUT2D eigenvalue weighted by molar-refractivity contribution is 5.81. The highest BCUT2D eigenvalue weighted by Crippen LogP contribution is 2.18. The Morgan fingerprint density at radius 2 is 1.78 bits per heavy atom. The van der Waals surface area contributed by atoms with Crippen molar-refractivity contribution in [2.24, 2.45) is 0 Å². The van der Waals surface area contributed by atoms with Crippen LogP contribution in [0.3, 0.4) is 0 Å². The lowest BCUT2D eigenvalue weighted by Gasteiger charge is -2.37. The number of hydrogen-bond donors (Lipinski definition) is 2. The van der Waals surface area contributed by atoms with Gasteiger partial charge in [-0.25, -0.2) is 0 Å². The molecule has 2 rings (SSSR count). The largest absolute Gasteiger partial charge is 0.355 e. The van der Waals surface area contributed by atoms with Gasteiger partial charge in [0.2, 0.25) is 11.8 Å². The molecule has 0 aromatic heterocycles. The molecule has 6 heteroatoms. The van der Waals surface area contributed by atoms with E-state index >= 15 is 0 Å². The predicted molar refractivity (Wildman–Crippen MR) is 91.2 cm³/mol. The van der Waals surface area contributed by atoms with Crippen LogP contribution in [0.25, 0.3) is 0 Å². The van der Waals surface area contributed by atoms with Crippen molar-refractivity contribution in [3.05, 3.63) is 0 Å². The zero-order valence-electron chi connectivity index (χ0n) is 14.6. The Morgan fingerprint density at radius 3 is 2.39 bits per heavy atom. The van der Waals surface area contributed by atoms with Crippen LogP contribution >= 0.6 is 0 Å². The van der Waals surface area contributed by atoms with E-state index in [9.17, 15) is 9.59 Å². The fourth-order valence-electron chi connectivity index (χ4n) is 3.39. The minimum absolute atomic E-state index is 0.0772. The zero-order chi connectivity index (χ0) is 16.7. The maximum atomic E-state index is 12.3. The summed E-state index contributed by atoms with van der Waals surface area (Å²) in [6, 6.07) is 0.306. The van der Waals surface area contributed by atoms with Crippen molar-refractivity contribution in [2.45, 2.75) is 58.0 Å². The molecule has 0 radical (unpaired) electrons. The molecule has 23 heavy (non-hydrogen) atoms. The highest BCUT2D eigenvalue weighted by Gasteiger charge is 2.28. The van der Waals surface area contributed by atoms with Crippen LogP contribution in [-0.2, 0) is 9.59 Å². The Hall–Kier alpha value is -1.14. The first-order chi connectivity index (χ1) is 11.1. The quantitative estimate of drug-likeness (QED) is 0.719. The van der Waals surface area contributed by atoms with E-state index in [0.29, 0.717) is 12.6 Å². The van der Waals surface area contributed by atoms with Gasteiger partial charge >= 0.3 is 0 Å². The highest BCUT2D eigenvalue weighted by atomic mass is 16.2. The lowest BCUT2D eigenvalue weighted by atomic mass is 10.2. The molecule has 6 nitrogen and oxygen atoms in total. The average molecular weight is 324 g/mol. The van der Waals surface area contributed by atoms with Gasteiger partial charge in [-0.2, -0.15) is 0 Å². The van der Waals surface area contributed by atoms with Crippen LogP contribution in [0, 0.1) is 0 Å². The van der Waals surface area contributed by atoms with E-state index < -0.39 is 0 Å². The van der Waals surface area contributed by atoms with Gasteiger partial charge in [-0.1, -0.05) is 19.8 Å². The van der Waals surface area contributed by atoms with Gasteiger partial charge in [0.15, 0.2) is 0 Å². The van der Waals surface area contributed by atoms with Crippen LogP contribution in [-0.4, -0.2) is 73.0 Å². The lowest BCUT2D eigenvalue weighted by molar-refractivity contribution is -0.128. The molecule has 2 fully saturated rings. The van der Waals surface area contributed by atoms with Gasteiger partial charge in [-0.05, 0) is 26.2 Å². The number of carbonyl (C=O) groups is 2. The fraction of sp³-hybridized carbons (Fsp3) is 0.882. The molecule has 1 saturated carbocycles. The number of piperazine rings is 1. The zero-order valence-corrected chi connectivity index (χ0v) is 14.6. The van der Waals surface area contributed by atoms with Gasteiger partial charge in [0.05, 0.1) is 12.6 Å². The number of nitrogens with zero attached hydrogens (tertiary/aromatic N) is 2. The van der Waals surface area contributed by atoms with Crippen LogP contribution in [0.2, 0.25) is 0 Å². The van der Waals surface area contributed by atoms with Gasteiger partial charge < -0.3 is 10.6 Å². The van der Waals surface area contributed by atoms with Crippen LogP contribution in [0.1, 0.15) is 46.0 Å². The van der Waals surface area contributed by atoms with Crippen molar-refractivity contribution in [3.63, 3.8) is 0 Å². The molecule has 2 aliphatic rings. The molecule has 1 saturated heterocycles. The Balaban J connectivity index is 1.68. The summed E-state index contributed by atoms with van der Waals surface area (Å²) < 4.78 is 0. The number of carbonyl (C=O) groups excluding carboxylic acids is 2. The predicted octanol–water partition coefficient (Wildman–Crippen LogP) is 0.578. The first-order valence-corrected chi connectivity index (χ1v) is 9.13. The Morgan fingerprint density at radius 1 is 1.13 bits per heavy atom. The standard InChI is InChI=1S/C17H32N4O2/c1-3-8-18-16(22)13-20-9-11-21(12-10-20)14(2)17(23)19-15-6-4-5-7-15/h14-15H,3-13H2,1-2H3,(H,18,22)(H,19,23). The van der Waals surface area contributed by atoms with Gasteiger partial charge in [-0.3, -0.25) is 19.4 Å². The molecule has 0 aromatic rings. The minimum atomic E-state index is -0.0772. The molecule has 2 amide bonds. The maximum absolute atomic E-state index is 12.3. The van der Waals surface area contributed by atoms with E-state index in [1.165, 1.54) is 12.8 Å². The molecule has 1 heterocycles. The lowest BCUT2D eigenvalue weighted by Crippen LogP contribution is -2.55. The summed E-state index contributed by atoms with van der Waals surface area (Å²) in [5, 5.41) is 6.10. The van der Waals surface area contributed by atoms with Gasteiger partial charge in [0.1, 0.15) is 0 Å². The van der Waals surface area contributed by atoms with E-state index in [-0.39, 0.29) is 17.9 Å². The maximum Gasteiger partial charge on any atom is 0.237 e. The Bertz CT molecular complexity index is 388. The van der Waals surface area contributed by atoms with Crippen LogP contribution in [0.5, 0.6) is 0 Å². The SMILES string of the molecule is CCCNC(=O)CN1CCN(C(C)C(=O)NC2CCCC2)CC1. The molecular formula is C17H32N4O2. The summed E-state index contributed by atoms with van der Waals surface area (Å²) in [6.45, 7) is 8.65. The molecular weight excluding hydrogens is 292 g/mol. The van der Waals surface area contributed by atoms with Crippen LogP contribution < -0.4 is 10.6 Å². The molecule has 2 N–H and O–H groups in total. The summed E-state index contributed by atoms with van der Waals surface area (Å²) in [6.07, 6.45) is 5.68. The van der Waals surface area contributed by atoms with Crippen LogP contribution in [0.15, 0.2) is 0 Å². The van der Waals surface area contributed by atoms with Gasteiger partial charge in [-0.15, -0.1) is 0 Å². The van der Waals surface area contributed by atoms with Crippen molar-refractivity contribution in [1.82, 2.24) is 20.4 Å². The second-order valence-electron chi connectivity index (χ2n) is 6.83. The number of amides is 2. The molecule has 0 spiro atoms. The molecule has 1 unspecified atom stereocenters. The molecule has 1 aliphatic carbocycles. The fourth-order valence-corrected chi connectivity index (χ4v) is 3.39. The second kappa shape index (κ2) is 9.23. The Kier molecular flexibility index (Phi) is 7.30. The van der Waals surface area contributed by atoms with Gasteiger partial charge in [0.25, 0.3) is 0 Å². The van der Waals surface area contributed by atoms with Crippen molar-refractivity contribution in [2.75, 3.05) is 39.3 Å². The Labute approximate surface area is 140 Å². The van der Waals surface area contributed by atoms with Crippen molar-refractivity contribution < 1.29 is 9.59 Å². The third-order valence-corrected chi connectivity index (χ3v) is 4.97. The van der Waals surface area contributed by atoms with Crippen molar-refractivity contribution in [3.8, 4) is 0 Å². The third kappa shape index (κ3) is 5.77. The van der Waals surface area contributed by atoms with E-state index in [1.54, 1.807) is 0 Å². The van der Waals surface area contributed by atoms with Crippen molar-refractivity contribution in [1.29, 1.82) is 0 Å². The molecule has 132 valence electrons. The summed E-state index contributed by atoms with van der Waals surface area (Å²) >= 11 is 0. The summed E-state index contributed by atoms with van der Waals surface area (Å²) in [5.74, 6) is 0.262. The molecule has 1 atom stereocenters. The smallest absolute Gasteiger partial charge is 0.237 e. The van der Waals surface area contributed by atoms with E-state index in [2.05, 4.69) is 27.4 Å². The monoisotopic (exact) mass is 324 g/mol. The molecule has 0 aromatic carbocycles. The topological polar surface area (TPSA) is 64.7 Å². The number of nitrogens with one attached hydrogen (secondary N) is 2.